The Morgan fingerprint density at radius 2 is 2.36 bits per heavy atom. The zero-order valence-corrected chi connectivity index (χ0v) is 7.32. The number of fused-ring (bicyclic) bond motifs is 1. The average molecular weight is 188 g/mol. The summed E-state index contributed by atoms with van der Waals surface area (Å²) in [5.41, 5.74) is 7.22. The second kappa shape index (κ2) is 2.92. The number of nitrogens with one attached hydrogen (secondary N) is 1. The van der Waals surface area contributed by atoms with Gasteiger partial charge in [-0.2, -0.15) is 5.26 Å². The van der Waals surface area contributed by atoms with Crippen molar-refractivity contribution in [3.63, 3.8) is 0 Å². The van der Waals surface area contributed by atoms with Crippen LogP contribution in [-0.2, 0) is 6.54 Å². The van der Waals surface area contributed by atoms with E-state index in [1.54, 1.807) is 18.2 Å². The van der Waals surface area contributed by atoms with Crippen LogP contribution in [0, 0.1) is 11.3 Å². The van der Waals surface area contributed by atoms with E-state index >= 15 is 0 Å². The maximum Gasteiger partial charge on any atom is 0.327 e. The van der Waals surface area contributed by atoms with Crippen LogP contribution in [0.2, 0.25) is 0 Å². The number of hydrogen-bond acceptors (Lipinski definition) is 3. The SMILES string of the molecule is N#CCn1c(=O)[nH]c2cc(N)ccc21. The summed E-state index contributed by atoms with van der Waals surface area (Å²) in [6, 6.07) is 7.02. The highest BCUT2D eigenvalue weighted by Crippen LogP contribution is 2.13. The van der Waals surface area contributed by atoms with E-state index in [-0.39, 0.29) is 12.2 Å². The molecule has 1 aromatic heterocycles. The van der Waals surface area contributed by atoms with Crippen molar-refractivity contribution in [2.75, 3.05) is 5.73 Å². The van der Waals surface area contributed by atoms with Crippen LogP contribution in [0.15, 0.2) is 23.0 Å². The number of nitrogen functional groups attached to an aromatic ring is 1. The van der Waals surface area contributed by atoms with Gasteiger partial charge in [-0.25, -0.2) is 4.79 Å². The Morgan fingerprint density at radius 3 is 3.07 bits per heavy atom. The summed E-state index contributed by atoms with van der Waals surface area (Å²) in [6.45, 7) is 0.0444. The number of nitrogens with zero attached hydrogens (tertiary/aromatic N) is 2. The molecule has 5 heteroatoms. The number of imidazole rings is 1. The minimum absolute atomic E-state index is 0.0444. The minimum atomic E-state index is -0.285. The Kier molecular flexibility index (Phi) is 1.75. The van der Waals surface area contributed by atoms with Crippen molar-refractivity contribution >= 4 is 16.7 Å². The fourth-order valence-electron chi connectivity index (χ4n) is 1.41. The molecule has 0 saturated carbocycles. The zero-order valence-electron chi connectivity index (χ0n) is 7.32. The lowest BCUT2D eigenvalue weighted by Crippen LogP contribution is -2.15. The Bertz CT molecular complexity index is 572. The average Bonchev–Trinajstić information content (AvgIpc) is 2.43. The van der Waals surface area contributed by atoms with Crippen LogP contribution in [0.1, 0.15) is 0 Å². The van der Waals surface area contributed by atoms with E-state index in [9.17, 15) is 4.79 Å². The molecule has 0 aliphatic heterocycles. The fraction of sp³-hybridized carbons (Fsp3) is 0.111. The molecule has 0 amide bonds. The minimum Gasteiger partial charge on any atom is -0.399 e. The molecule has 2 rings (SSSR count). The Balaban J connectivity index is 2.79. The van der Waals surface area contributed by atoms with Gasteiger partial charge in [0, 0.05) is 5.69 Å². The van der Waals surface area contributed by atoms with Crippen molar-refractivity contribution in [2.24, 2.45) is 0 Å². The number of anilines is 1. The van der Waals surface area contributed by atoms with Crippen molar-refractivity contribution in [1.82, 2.24) is 9.55 Å². The Labute approximate surface area is 79.4 Å². The number of nitriles is 1. The molecule has 1 aromatic carbocycles. The Hall–Kier alpha value is -2.22. The highest BCUT2D eigenvalue weighted by Gasteiger charge is 2.05. The van der Waals surface area contributed by atoms with Gasteiger partial charge in [-0.1, -0.05) is 0 Å². The van der Waals surface area contributed by atoms with Crippen molar-refractivity contribution in [1.29, 1.82) is 5.26 Å². The van der Waals surface area contributed by atoms with Crippen LogP contribution >= 0.6 is 0 Å². The van der Waals surface area contributed by atoms with Crippen molar-refractivity contribution < 1.29 is 0 Å². The number of aromatic nitrogens is 2. The first-order valence-corrected chi connectivity index (χ1v) is 4.07. The monoisotopic (exact) mass is 188 g/mol. The number of hydrogen-bond donors (Lipinski definition) is 2. The first-order chi connectivity index (χ1) is 6.72. The van der Waals surface area contributed by atoms with Crippen LogP contribution in [-0.4, -0.2) is 9.55 Å². The number of benzene rings is 1. The van der Waals surface area contributed by atoms with Crippen LogP contribution in [0.3, 0.4) is 0 Å². The molecule has 0 radical (unpaired) electrons. The molecule has 0 fully saturated rings. The first kappa shape index (κ1) is 8.38. The lowest BCUT2D eigenvalue weighted by atomic mass is 10.3. The molecule has 0 aliphatic rings. The smallest absolute Gasteiger partial charge is 0.327 e. The van der Waals surface area contributed by atoms with E-state index in [2.05, 4.69) is 4.98 Å². The number of rotatable bonds is 1. The van der Waals surface area contributed by atoms with E-state index in [0.29, 0.717) is 16.7 Å². The molecule has 0 unspecified atom stereocenters. The lowest BCUT2D eigenvalue weighted by molar-refractivity contribution is 0.817. The first-order valence-electron chi connectivity index (χ1n) is 4.07. The second-order valence-corrected chi connectivity index (χ2v) is 2.95. The molecule has 0 saturated heterocycles. The predicted molar refractivity (Wildman–Crippen MR) is 52.6 cm³/mol. The molecular weight excluding hydrogens is 180 g/mol. The van der Waals surface area contributed by atoms with Gasteiger partial charge < -0.3 is 10.7 Å². The molecule has 1 heterocycles. The molecule has 0 spiro atoms. The normalized spacial score (nSPS) is 10.2. The van der Waals surface area contributed by atoms with Crippen LogP contribution in [0.5, 0.6) is 0 Å². The van der Waals surface area contributed by atoms with Gasteiger partial charge in [-0.05, 0) is 18.2 Å². The molecular formula is C9H8N4O. The summed E-state index contributed by atoms with van der Waals surface area (Å²) in [5.74, 6) is 0. The summed E-state index contributed by atoms with van der Waals surface area (Å²) in [4.78, 5) is 14.0. The van der Waals surface area contributed by atoms with Gasteiger partial charge in [0.05, 0.1) is 17.1 Å². The van der Waals surface area contributed by atoms with Gasteiger partial charge in [0.15, 0.2) is 0 Å². The van der Waals surface area contributed by atoms with Gasteiger partial charge in [-0.3, -0.25) is 4.57 Å². The number of H-pyrrole nitrogens is 1. The molecule has 3 N–H and O–H groups in total. The van der Waals surface area contributed by atoms with E-state index in [1.807, 2.05) is 6.07 Å². The van der Waals surface area contributed by atoms with Gasteiger partial charge in [0.2, 0.25) is 0 Å². The van der Waals surface area contributed by atoms with Crippen LogP contribution < -0.4 is 11.4 Å². The highest BCUT2D eigenvalue weighted by molar-refractivity contribution is 5.78. The summed E-state index contributed by atoms with van der Waals surface area (Å²) in [7, 11) is 0. The molecule has 70 valence electrons. The molecule has 0 atom stereocenters. The zero-order chi connectivity index (χ0) is 10.1. The maximum absolute atomic E-state index is 11.4. The van der Waals surface area contributed by atoms with Crippen LogP contribution in [0.25, 0.3) is 11.0 Å². The third kappa shape index (κ3) is 1.13. The standard InChI is InChI=1S/C9H8N4O/c10-3-4-13-8-2-1-6(11)5-7(8)12-9(13)14/h1-2,5H,4,11H2,(H,12,14). The van der Waals surface area contributed by atoms with E-state index in [0.717, 1.165) is 0 Å². The van der Waals surface area contributed by atoms with E-state index in [1.165, 1.54) is 4.57 Å². The number of aromatic amines is 1. The topological polar surface area (TPSA) is 87.6 Å². The molecule has 5 nitrogen and oxygen atoms in total. The molecule has 2 aromatic rings. The summed E-state index contributed by atoms with van der Waals surface area (Å²) in [6.07, 6.45) is 0. The Morgan fingerprint density at radius 1 is 1.57 bits per heavy atom. The molecule has 14 heavy (non-hydrogen) atoms. The van der Waals surface area contributed by atoms with Crippen molar-refractivity contribution in [2.45, 2.75) is 6.54 Å². The van der Waals surface area contributed by atoms with Gasteiger partial charge in [-0.15, -0.1) is 0 Å². The van der Waals surface area contributed by atoms with Gasteiger partial charge >= 0.3 is 5.69 Å². The lowest BCUT2D eigenvalue weighted by Gasteiger charge is -1.96. The van der Waals surface area contributed by atoms with Crippen molar-refractivity contribution in [3.05, 3.63) is 28.7 Å². The van der Waals surface area contributed by atoms with E-state index in [4.69, 9.17) is 11.0 Å². The highest BCUT2D eigenvalue weighted by atomic mass is 16.1. The van der Waals surface area contributed by atoms with Crippen molar-refractivity contribution in [3.8, 4) is 6.07 Å². The second-order valence-electron chi connectivity index (χ2n) is 2.95. The third-order valence-electron chi connectivity index (χ3n) is 2.03. The van der Waals surface area contributed by atoms with E-state index < -0.39 is 0 Å². The van der Waals surface area contributed by atoms with Gasteiger partial charge in [0.25, 0.3) is 0 Å². The predicted octanol–water partition coefficient (Wildman–Crippen LogP) is 0.435. The largest absolute Gasteiger partial charge is 0.399 e. The third-order valence-corrected chi connectivity index (χ3v) is 2.03. The summed E-state index contributed by atoms with van der Waals surface area (Å²) < 4.78 is 1.37. The number of nitrogens with two attached hydrogens (primary N) is 1. The quantitative estimate of drug-likeness (QED) is 0.636. The molecule has 0 bridgehead atoms. The van der Waals surface area contributed by atoms with Gasteiger partial charge in [0.1, 0.15) is 6.54 Å². The maximum atomic E-state index is 11.4. The molecule has 0 aliphatic carbocycles. The van der Waals surface area contributed by atoms with Crippen LogP contribution in [0.4, 0.5) is 5.69 Å². The summed E-state index contributed by atoms with van der Waals surface area (Å²) in [5, 5.41) is 8.53. The summed E-state index contributed by atoms with van der Waals surface area (Å²) >= 11 is 0. The fourth-order valence-corrected chi connectivity index (χ4v) is 1.41.